The third kappa shape index (κ3) is 3.39. The summed E-state index contributed by atoms with van der Waals surface area (Å²) < 4.78 is 10.8. The lowest BCUT2D eigenvalue weighted by Crippen LogP contribution is -1.99. The van der Waals surface area contributed by atoms with Gasteiger partial charge >= 0.3 is 5.97 Å². The van der Waals surface area contributed by atoms with Crippen LogP contribution in [0, 0.1) is 0 Å². The van der Waals surface area contributed by atoms with Crippen LogP contribution in [0.15, 0.2) is 36.5 Å². The Balaban J connectivity index is 2.23. The summed E-state index contributed by atoms with van der Waals surface area (Å²) in [7, 11) is 0. The minimum Gasteiger partial charge on any atom is -0.494 e. The third-order valence-electron chi connectivity index (χ3n) is 2.40. The number of rotatable bonds is 5. The van der Waals surface area contributed by atoms with Gasteiger partial charge in [-0.2, -0.15) is 0 Å². The minimum atomic E-state index is -1.13. The second-order valence-corrected chi connectivity index (χ2v) is 4.22. The van der Waals surface area contributed by atoms with E-state index in [1.54, 1.807) is 24.3 Å². The van der Waals surface area contributed by atoms with E-state index in [2.05, 4.69) is 4.98 Å². The van der Waals surface area contributed by atoms with Gasteiger partial charge in [0.25, 0.3) is 0 Å². The first-order valence-electron chi connectivity index (χ1n) is 5.89. The number of carbonyl (C=O) groups is 1. The van der Waals surface area contributed by atoms with Gasteiger partial charge in [-0.3, -0.25) is 0 Å². The molecule has 2 rings (SSSR count). The molecule has 0 aliphatic carbocycles. The summed E-state index contributed by atoms with van der Waals surface area (Å²) in [6, 6.07) is 8.26. The van der Waals surface area contributed by atoms with Gasteiger partial charge in [0, 0.05) is 12.1 Å². The Bertz CT molecular complexity index is 630. The fourth-order valence-electron chi connectivity index (χ4n) is 1.55. The van der Waals surface area contributed by atoms with E-state index < -0.39 is 5.97 Å². The molecule has 0 bridgehead atoms. The van der Waals surface area contributed by atoms with Gasteiger partial charge in [-0.25, -0.2) is 9.78 Å². The smallest absolute Gasteiger partial charge is 0.337 e. The first-order chi connectivity index (χ1) is 9.60. The molecule has 0 fully saturated rings. The maximum absolute atomic E-state index is 11.0. The van der Waals surface area contributed by atoms with Crippen molar-refractivity contribution in [2.45, 2.75) is 6.92 Å². The highest BCUT2D eigenvalue weighted by atomic mass is 35.5. The van der Waals surface area contributed by atoms with Gasteiger partial charge in [-0.15, -0.1) is 0 Å². The van der Waals surface area contributed by atoms with Crippen molar-refractivity contribution in [3.05, 3.63) is 47.1 Å². The zero-order chi connectivity index (χ0) is 14.5. The quantitative estimate of drug-likeness (QED) is 0.911. The van der Waals surface area contributed by atoms with Gasteiger partial charge in [0.05, 0.1) is 23.4 Å². The summed E-state index contributed by atoms with van der Waals surface area (Å²) in [6.07, 6.45) is 1.24. The highest BCUT2D eigenvalue weighted by molar-refractivity contribution is 6.33. The molecule has 0 unspecified atom stereocenters. The number of nitrogens with zero attached hydrogens (tertiary/aromatic N) is 1. The molecular formula is C14H12ClNO4. The zero-order valence-electron chi connectivity index (χ0n) is 10.7. The Morgan fingerprint density at radius 2 is 2.10 bits per heavy atom. The maximum Gasteiger partial charge on any atom is 0.337 e. The highest BCUT2D eigenvalue weighted by Crippen LogP contribution is 2.26. The van der Waals surface area contributed by atoms with E-state index in [-0.39, 0.29) is 16.5 Å². The first kappa shape index (κ1) is 14.1. The number of ether oxygens (including phenoxy) is 2. The molecule has 0 aliphatic heterocycles. The Morgan fingerprint density at radius 1 is 1.35 bits per heavy atom. The van der Waals surface area contributed by atoms with E-state index in [1.807, 2.05) is 6.92 Å². The molecule has 0 aliphatic rings. The van der Waals surface area contributed by atoms with Crippen molar-refractivity contribution in [1.29, 1.82) is 0 Å². The van der Waals surface area contributed by atoms with Crippen molar-refractivity contribution in [3.8, 4) is 17.4 Å². The molecule has 0 atom stereocenters. The van der Waals surface area contributed by atoms with Crippen molar-refractivity contribution in [1.82, 2.24) is 4.98 Å². The molecule has 2 aromatic rings. The highest BCUT2D eigenvalue weighted by Gasteiger charge is 2.11. The van der Waals surface area contributed by atoms with Crippen molar-refractivity contribution in [3.63, 3.8) is 0 Å². The van der Waals surface area contributed by atoms with E-state index in [4.69, 9.17) is 26.2 Å². The number of hydrogen-bond acceptors (Lipinski definition) is 4. The van der Waals surface area contributed by atoms with Crippen LogP contribution in [-0.4, -0.2) is 22.7 Å². The number of halogens is 1. The Morgan fingerprint density at radius 3 is 2.80 bits per heavy atom. The zero-order valence-corrected chi connectivity index (χ0v) is 11.4. The predicted octanol–water partition coefficient (Wildman–Crippen LogP) is 3.62. The average molecular weight is 294 g/mol. The SMILES string of the molecule is CCOc1cccc(Oc2cc(C(=O)O)c(Cl)cn2)c1. The maximum atomic E-state index is 11.0. The number of benzene rings is 1. The van der Waals surface area contributed by atoms with Crippen molar-refractivity contribution >= 4 is 17.6 Å². The van der Waals surface area contributed by atoms with E-state index in [0.29, 0.717) is 18.1 Å². The lowest BCUT2D eigenvalue weighted by Gasteiger charge is -2.08. The molecule has 5 nitrogen and oxygen atoms in total. The number of aromatic carboxylic acids is 1. The minimum absolute atomic E-state index is 0.0578. The summed E-state index contributed by atoms with van der Waals surface area (Å²) >= 11 is 5.74. The number of pyridine rings is 1. The Kier molecular flexibility index (Phi) is 4.42. The van der Waals surface area contributed by atoms with Gasteiger partial charge in [-0.05, 0) is 19.1 Å². The van der Waals surface area contributed by atoms with Gasteiger partial charge in [0.1, 0.15) is 11.5 Å². The Labute approximate surface area is 120 Å². The Hall–Kier alpha value is -2.27. The lowest BCUT2D eigenvalue weighted by atomic mass is 10.2. The van der Waals surface area contributed by atoms with Crippen molar-refractivity contribution in [2.75, 3.05) is 6.61 Å². The summed E-state index contributed by atoms with van der Waals surface area (Å²) in [5, 5.41) is 9.05. The second-order valence-electron chi connectivity index (χ2n) is 3.82. The third-order valence-corrected chi connectivity index (χ3v) is 2.70. The summed E-state index contributed by atoms with van der Waals surface area (Å²) in [5.41, 5.74) is -0.0578. The summed E-state index contributed by atoms with van der Waals surface area (Å²) in [4.78, 5) is 14.9. The number of carboxylic acid groups (broad SMARTS) is 1. The van der Waals surface area contributed by atoms with Crippen LogP contribution in [0.2, 0.25) is 5.02 Å². The number of hydrogen-bond donors (Lipinski definition) is 1. The molecule has 104 valence electrons. The molecule has 1 aromatic heterocycles. The topological polar surface area (TPSA) is 68.7 Å². The lowest BCUT2D eigenvalue weighted by molar-refractivity contribution is 0.0696. The van der Waals surface area contributed by atoms with Gasteiger partial charge in [0.15, 0.2) is 0 Å². The molecule has 6 heteroatoms. The molecule has 0 saturated carbocycles. The largest absolute Gasteiger partial charge is 0.494 e. The number of carboxylic acids is 1. The molecule has 1 aromatic carbocycles. The van der Waals surface area contributed by atoms with Crippen LogP contribution >= 0.6 is 11.6 Å². The van der Waals surface area contributed by atoms with E-state index in [1.165, 1.54) is 12.3 Å². The fraction of sp³-hybridized carbons (Fsp3) is 0.143. The van der Waals surface area contributed by atoms with Crippen molar-refractivity contribution in [2.24, 2.45) is 0 Å². The van der Waals surface area contributed by atoms with Crippen LogP contribution < -0.4 is 9.47 Å². The summed E-state index contributed by atoms with van der Waals surface area (Å²) in [6.45, 7) is 2.43. The normalized spacial score (nSPS) is 10.1. The monoisotopic (exact) mass is 293 g/mol. The van der Waals surface area contributed by atoms with Crippen LogP contribution in [0.5, 0.6) is 17.4 Å². The van der Waals surface area contributed by atoms with Gasteiger partial charge in [0.2, 0.25) is 5.88 Å². The standard InChI is InChI=1S/C14H12ClNO4/c1-2-19-9-4-3-5-10(6-9)20-13-7-11(14(17)18)12(15)8-16-13/h3-8H,2H2,1H3,(H,17,18). The van der Waals surface area contributed by atoms with E-state index >= 15 is 0 Å². The van der Waals surface area contributed by atoms with Gasteiger partial charge < -0.3 is 14.6 Å². The molecule has 0 spiro atoms. The van der Waals surface area contributed by atoms with Crippen LogP contribution in [0.25, 0.3) is 0 Å². The number of aromatic nitrogens is 1. The first-order valence-corrected chi connectivity index (χ1v) is 6.27. The molecule has 1 heterocycles. The summed E-state index contributed by atoms with van der Waals surface area (Å²) in [5.74, 6) is 0.185. The van der Waals surface area contributed by atoms with E-state index in [9.17, 15) is 4.79 Å². The van der Waals surface area contributed by atoms with Crippen LogP contribution in [-0.2, 0) is 0 Å². The van der Waals surface area contributed by atoms with Crippen LogP contribution in [0.3, 0.4) is 0 Å². The van der Waals surface area contributed by atoms with Crippen molar-refractivity contribution < 1.29 is 19.4 Å². The molecule has 0 amide bonds. The van der Waals surface area contributed by atoms with E-state index in [0.717, 1.165) is 0 Å². The molecular weight excluding hydrogens is 282 g/mol. The van der Waals surface area contributed by atoms with Gasteiger partial charge in [-0.1, -0.05) is 17.7 Å². The average Bonchev–Trinajstić information content (AvgIpc) is 2.41. The van der Waals surface area contributed by atoms with Crippen LogP contribution in [0.4, 0.5) is 0 Å². The van der Waals surface area contributed by atoms with Crippen LogP contribution in [0.1, 0.15) is 17.3 Å². The predicted molar refractivity (Wildman–Crippen MR) is 73.9 cm³/mol. The fourth-order valence-corrected chi connectivity index (χ4v) is 1.74. The molecule has 20 heavy (non-hydrogen) atoms. The second kappa shape index (κ2) is 6.25. The molecule has 0 radical (unpaired) electrons. The molecule has 1 N–H and O–H groups in total. The molecule has 0 saturated heterocycles.